The van der Waals surface area contributed by atoms with E-state index in [4.69, 9.17) is 0 Å². The Morgan fingerprint density at radius 3 is 2.74 bits per heavy atom. The van der Waals surface area contributed by atoms with Crippen molar-refractivity contribution < 1.29 is 13.2 Å². The van der Waals surface area contributed by atoms with E-state index >= 15 is 0 Å². The minimum absolute atomic E-state index is 0.386. The van der Waals surface area contributed by atoms with Gasteiger partial charge in [-0.2, -0.15) is 18.3 Å². The van der Waals surface area contributed by atoms with Gasteiger partial charge < -0.3 is 5.32 Å². The monoisotopic (exact) mass is 275 g/mol. The number of nitrogens with one attached hydrogen (secondary N) is 1. The van der Waals surface area contributed by atoms with Gasteiger partial charge in [0, 0.05) is 18.8 Å². The van der Waals surface area contributed by atoms with Gasteiger partial charge in [-0.3, -0.25) is 4.68 Å². The van der Waals surface area contributed by atoms with E-state index in [1.807, 2.05) is 16.9 Å². The molecule has 1 atom stereocenters. The highest BCUT2D eigenvalue weighted by Gasteiger charge is 2.29. The molecule has 1 unspecified atom stereocenters. The largest absolute Gasteiger partial charge is 0.390 e. The van der Waals surface area contributed by atoms with Crippen LogP contribution in [0.3, 0.4) is 0 Å². The van der Waals surface area contributed by atoms with Gasteiger partial charge in [0.2, 0.25) is 0 Å². The zero-order valence-corrected chi connectivity index (χ0v) is 11.1. The third kappa shape index (κ3) is 4.53. The molecule has 1 aromatic heterocycles. The number of hydrogen-bond acceptors (Lipinski definition) is 2. The minimum atomic E-state index is -4.12. The second kappa shape index (κ2) is 5.94. The number of aromatic nitrogens is 2. The van der Waals surface area contributed by atoms with Crippen molar-refractivity contribution in [3.63, 3.8) is 0 Å². The summed E-state index contributed by atoms with van der Waals surface area (Å²) in [7, 11) is 0. The Kier molecular flexibility index (Phi) is 4.50. The van der Waals surface area contributed by atoms with Gasteiger partial charge in [-0.25, -0.2) is 0 Å². The van der Waals surface area contributed by atoms with E-state index in [0.29, 0.717) is 12.6 Å². The molecule has 108 valence electrons. The van der Waals surface area contributed by atoms with Gasteiger partial charge in [0.05, 0.1) is 18.2 Å². The predicted molar refractivity (Wildman–Crippen MR) is 66.7 cm³/mol. The van der Waals surface area contributed by atoms with E-state index in [1.165, 1.54) is 12.8 Å². The number of rotatable bonds is 5. The average Bonchev–Trinajstić information content (AvgIpc) is 2.95. The molecule has 1 aliphatic rings. The highest BCUT2D eigenvalue weighted by molar-refractivity contribution is 5.00. The zero-order chi connectivity index (χ0) is 13.9. The summed E-state index contributed by atoms with van der Waals surface area (Å²) >= 11 is 0. The molecule has 0 saturated heterocycles. The lowest BCUT2D eigenvalue weighted by atomic mass is 10.2. The van der Waals surface area contributed by atoms with E-state index in [9.17, 15) is 13.2 Å². The van der Waals surface area contributed by atoms with Crippen LogP contribution in [0.1, 0.15) is 50.8 Å². The van der Waals surface area contributed by atoms with Crippen molar-refractivity contribution in [1.29, 1.82) is 0 Å². The van der Waals surface area contributed by atoms with E-state index < -0.39 is 18.6 Å². The SMILES string of the molecule is CC(CC(F)(F)F)NCc1ccn(C2CCCC2)n1. The summed E-state index contributed by atoms with van der Waals surface area (Å²) in [6.45, 7) is 1.93. The molecule has 1 aliphatic carbocycles. The molecule has 1 saturated carbocycles. The quantitative estimate of drug-likeness (QED) is 0.892. The summed E-state index contributed by atoms with van der Waals surface area (Å²) in [5.41, 5.74) is 0.806. The molecule has 0 amide bonds. The van der Waals surface area contributed by atoms with Crippen LogP contribution < -0.4 is 5.32 Å². The van der Waals surface area contributed by atoms with E-state index in [-0.39, 0.29) is 0 Å². The van der Waals surface area contributed by atoms with Crippen LogP contribution >= 0.6 is 0 Å². The maximum atomic E-state index is 12.2. The van der Waals surface area contributed by atoms with Gasteiger partial charge >= 0.3 is 6.18 Å². The first kappa shape index (κ1) is 14.4. The highest BCUT2D eigenvalue weighted by atomic mass is 19.4. The molecular weight excluding hydrogens is 255 g/mol. The second-order valence-electron chi connectivity index (χ2n) is 5.33. The van der Waals surface area contributed by atoms with Gasteiger partial charge in [-0.15, -0.1) is 0 Å². The molecule has 0 spiro atoms. The third-order valence-corrected chi connectivity index (χ3v) is 3.53. The molecule has 0 bridgehead atoms. The molecule has 3 nitrogen and oxygen atoms in total. The van der Waals surface area contributed by atoms with Crippen LogP contribution in [0.2, 0.25) is 0 Å². The smallest absolute Gasteiger partial charge is 0.308 e. The van der Waals surface area contributed by atoms with Crippen LogP contribution in [0.15, 0.2) is 12.3 Å². The first-order chi connectivity index (χ1) is 8.94. The summed E-state index contributed by atoms with van der Waals surface area (Å²) in [6.07, 6.45) is 1.78. The third-order valence-electron chi connectivity index (χ3n) is 3.53. The van der Waals surface area contributed by atoms with Crippen LogP contribution in [0.5, 0.6) is 0 Å². The Morgan fingerprint density at radius 1 is 1.42 bits per heavy atom. The summed E-state index contributed by atoms with van der Waals surface area (Å²) in [5, 5.41) is 7.30. The van der Waals surface area contributed by atoms with Gasteiger partial charge in [-0.1, -0.05) is 12.8 Å². The molecule has 1 heterocycles. The molecule has 1 N–H and O–H groups in total. The Morgan fingerprint density at radius 2 is 2.11 bits per heavy atom. The lowest BCUT2D eigenvalue weighted by Gasteiger charge is -2.15. The topological polar surface area (TPSA) is 29.9 Å². The first-order valence-corrected chi connectivity index (χ1v) is 6.78. The summed E-state index contributed by atoms with van der Waals surface area (Å²) in [4.78, 5) is 0. The van der Waals surface area contributed by atoms with Gasteiger partial charge in [0.1, 0.15) is 0 Å². The van der Waals surface area contributed by atoms with Gasteiger partial charge in [0.15, 0.2) is 0 Å². The minimum Gasteiger partial charge on any atom is -0.308 e. The second-order valence-corrected chi connectivity index (χ2v) is 5.33. The standard InChI is InChI=1S/C13H20F3N3/c1-10(8-13(14,15)16)17-9-11-6-7-19(18-11)12-4-2-3-5-12/h6-7,10,12,17H,2-5,8-9H2,1H3. The molecule has 1 fully saturated rings. The van der Waals surface area contributed by atoms with Crippen LogP contribution in [0.4, 0.5) is 13.2 Å². The molecule has 0 aliphatic heterocycles. The Hall–Kier alpha value is -1.04. The van der Waals surface area contributed by atoms with Crippen molar-refractivity contribution in [3.05, 3.63) is 18.0 Å². The number of alkyl halides is 3. The number of halogens is 3. The Labute approximate surface area is 111 Å². The van der Waals surface area contributed by atoms with Crippen LogP contribution in [0, 0.1) is 0 Å². The highest BCUT2D eigenvalue weighted by Crippen LogP contribution is 2.28. The normalized spacial score (nSPS) is 18.9. The van der Waals surface area contributed by atoms with Crippen LogP contribution in [0.25, 0.3) is 0 Å². The maximum Gasteiger partial charge on any atom is 0.390 e. The number of hydrogen-bond donors (Lipinski definition) is 1. The molecule has 1 aromatic rings. The van der Waals surface area contributed by atoms with Crippen molar-refractivity contribution in [2.24, 2.45) is 0 Å². The van der Waals surface area contributed by atoms with E-state index in [0.717, 1.165) is 18.5 Å². The van der Waals surface area contributed by atoms with Crippen molar-refractivity contribution in [1.82, 2.24) is 15.1 Å². The summed E-state index contributed by atoms with van der Waals surface area (Å²) < 4.78 is 38.5. The predicted octanol–water partition coefficient (Wildman–Crippen LogP) is 3.43. The summed E-state index contributed by atoms with van der Waals surface area (Å²) in [6, 6.07) is 1.77. The van der Waals surface area contributed by atoms with Gasteiger partial charge in [0.25, 0.3) is 0 Å². The molecule has 6 heteroatoms. The molecule has 19 heavy (non-hydrogen) atoms. The Balaban J connectivity index is 1.80. The van der Waals surface area contributed by atoms with E-state index in [1.54, 1.807) is 6.92 Å². The van der Waals surface area contributed by atoms with Crippen molar-refractivity contribution in [2.45, 2.75) is 63.8 Å². The zero-order valence-electron chi connectivity index (χ0n) is 11.1. The molecule has 0 aromatic carbocycles. The first-order valence-electron chi connectivity index (χ1n) is 6.78. The van der Waals surface area contributed by atoms with Crippen LogP contribution in [-0.2, 0) is 6.54 Å². The van der Waals surface area contributed by atoms with Crippen molar-refractivity contribution in [2.75, 3.05) is 0 Å². The van der Waals surface area contributed by atoms with E-state index in [2.05, 4.69) is 10.4 Å². The lowest BCUT2D eigenvalue weighted by molar-refractivity contribution is -0.139. The van der Waals surface area contributed by atoms with Crippen LogP contribution in [-0.4, -0.2) is 22.0 Å². The molecule has 0 radical (unpaired) electrons. The maximum absolute atomic E-state index is 12.2. The average molecular weight is 275 g/mol. The molecular formula is C13H20F3N3. The fourth-order valence-electron chi connectivity index (χ4n) is 2.54. The number of nitrogens with zero attached hydrogens (tertiary/aromatic N) is 2. The fourth-order valence-corrected chi connectivity index (χ4v) is 2.54. The fraction of sp³-hybridized carbons (Fsp3) is 0.769. The Bertz CT molecular complexity index is 394. The summed E-state index contributed by atoms with van der Waals surface area (Å²) in [5.74, 6) is 0. The lowest BCUT2D eigenvalue weighted by Crippen LogP contribution is -2.30. The van der Waals surface area contributed by atoms with Gasteiger partial charge in [-0.05, 0) is 25.8 Å². The molecule has 2 rings (SSSR count). The van der Waals surface area contributed by atoms with Crippen molar-refractivity contribution in [3.8, 4) is 0 Å². The van der Waals surface area contributed by atoms with Crippen molar-refractivity contribution >= 4 is 0 Å².